The van der Waals surface area contributed by atoms with Gasteiger partial charge in [0, 0.05) is 31.4 Å². The lowest BCUT2D eigenvalue weighted by atomic mass is 10.3. The average Bonchev–Trinajstić information content (AvgIpc) is 2.40. The second kappa shape index (κ2) is 8.43. The molecular formula is C15H25N3O2. The molecule has 0 radical (unpaired) electrons. The monoisotopic (exact) mass is 279 g/mol. The van der Waals surface area contributed by atoms with E-state index < -0.39 is 0 Å². The highest BCUT2D eigenvalue weighted by Crippen LogP contribution is 2.14. The maximum atomic E-state index is 11.9. The Labute approximate surface area is 121 Å². The van der Waals surface area contributed by atoms with Gasteiger partial charge in [0.05, 0.1) is 6.54 Å². The van der Waals surface area contributed by atoms with Gasteiger partial charge in [-0.25, -0.2) is 0 Å². The van der Waals surface area contributed by atoms with Gasteiger partial charge < -0.3 is 15.4 Å². The van der Waals surface area contributed by atoms with Crippen LogP contribution in [-0.2, 0) is 4.79 Å². The molecule has 20 heavy (non-hydrogen) atoms. The van der Waals surface area contributed by atoms with E-state index in [2.05, 4.69) is 0 Å². The maximum Gasteiger partial charge on any atom is 0.236 e. The van der Waals surface area contributed by atoms with Gasteiger partial charge in [0.1, 0.15) is 12.4 Å². The number of likely N-dealkylation sites (N-methyl/N-ethyl adjacent to an activating group) is 2. The van der Waals surface area contributed by atoms with E-state index in [9.17, 15) is 4.79 Å². The molecule has 2 N–H and O–H groups in total. The number of hydrogen-bond donors (Lipinski definition) is 1. The van der Waals surface area contributed by atoms with Crippen molar-refractivity contribution in [2.75, 3.05) is 45.6 Å². The Morgan fingerprint density at radius 2 is 2.00 bits per heavy atom. The molecule has 0 heterocycles. The minimum absolute atomic E-state index is 0.154. The van der Waals surface area contributed by atoms with Crippen LogP contribution in [0.15, 0.2) is 24.3 Å². The van der Waals surface area contributed by atoms with E-state index in [1.807, 2.05) is 48.9 Å². The Morgan fingerprint density at radius 3 is 2.60 bits per heavy atom. The van der Waals surface area contributed by atoms with Crippen molar-refractivity contribution < 1.29 is 9.53 Å². The first-order valence-corrected chi connectivity index (χ1v) is 7.01. The van der Waals surface area contributed by atoms with Crippen molar-refractivity contribution in [2.24, 2.45) is 0 Å². The van der Waals surface area contributed by atoms with E-state index in [1.54, 1.807) is 6.07 Å². The number of rotatable bonds is 8. The molecule has 0 unspecified atom stereocenters. The molecule has 5 nitrogen and oxygen atoms in total. The summed E-state index contributed by atoms with van der Waals surface area (Å²) in [5.74, 6) is 0.912. The number of anilines is 1. The summed E-state index contributed by atoms with van der Waals surface area (Å²) in [7, 11) is 1.92. The predicted molar refractivity (Wildman–Crippen MR) is 81.8 cm³/mol. The Morgan fingerprint density at radius 1 is 1.30 bits per heavy atom. The van der Waals surface area contributed by atoms with E-state index >= 15 is 0 Å². The molecule has 1 aromatic carbocycles. The van der Waals surface area contributed by atoms with Gasteiger partial charge in [-0.1, -0.05) is 6.07 Å². The van der Waals surface area contributed by atoms with E-state index in [0.717, 1.165) is 18.8 Å². The number of nitrogens with zero attached hydrogens (tertiary/aromatic N) is 2. The number of nitrogen functional groups attached to an aromatic ring is 1. The minimum atomic E-state index is 0.154. The topological polar surface area (TPSA) is 58.8 Å². The van der Waals surface area contributed by atoms with E-state index in [1.165, 1.54) is 0 Å². The number of benzene rings is 1. The lowest BCUT2D eigenvalue weighted by Gasteiger charge is -2.23. The summed E-state index contributed by atoms with van der Waals surface area (Å²) in [6, 6.07) is 7.35. The highest BCUT2D eigenvalue weighted by Gasteiger charge is 2.12. The SMILES string of the molecule is CCN(CC)C(=O)CN(C)CCOc1cccc(N)c1. The normalized spacial score (nSPS) is 10.6. The summed E-state index contributed by atoms with van der Waals surface area (Å²) in [6.45, 7) is 7.13. The smallest absolute Gasteiger partial charge is 0.236 e. The maximum absolute atomic E-state index is 11.9. The van der Waals surface area contributed by atoms with Crippen molar-refractivity contribution >= 4 is 11.6 Å². The van der Waals surface area contributed by atoms with Crippen molar-refractivity contribution in [3.63, 3.8) is 0 Å². The molecule has 5 heteroatoms. The summed E-state index contributed by atoms with van der Waals surface area (Å²) >= 11 is 0. The summed E-state index contributed by atoms with van der Waals surface area (Å²) in [4.78, 5) is 15.7. The molecule has 112 valence electrons. The first kappa shape index (κ1) is 16.3. The zero-order valence-electron chi connectivity index (χ0n) is 12.6. The highest BCUT2D eigenvalue weighted by atomic mass is 16.5. The van der Waals surface area contributed by atoms with Crippen LogP contribution in [0.25, 0.3) is 0 Å². The lowest BCUT2D eigenvalue weighted by molar-refractivity contribution is -0.131. The highest BCUT2D eigenvalue weighted by molar-refractivity contribution is 5.78. The molecule has 1 rings (SSSR count). The Hall–Kier alpha value is -1.75. The molecule has 0 fully saturated rings. The van der Waals surface area contributed by atoms with Crippen LogP contribution in [0, 0.1) is 0 Å². The predicted octanol–water partition coefficient (Wildman–Crippen LogP) is 1.45. The largest absolute Gasteiger partial charge is 0.492 e. The van der Waals surface area contributed by atoms with Gasteiger partial charge in [-0.15, -0.1) is 0 Å². The van der Waals surface area contributed by atoms with Crippen LogP contribution in [-0.4, -0.2) is 55.5 Å². The molecule has 0 bridgehead atoms. The van der Waals surface area contributed by atoms with Gasteiger partial charge in [0.15, 0.2) is 0 Å². The molecule has 1 aromatic rings. The van der Waals surface area contributed by atoms with Gasteiger partial charge >= 0.3 is 0 Å². The molecule has 0 aliphatic carbocycles. The number of carbonyl (C=O) groups is 1. The second-order valence-corrected chi connectivity index (χ2v) is 4.72. The van der Waals surface area contributed by atoms with Crippen molar-refractivity contribution in [3.8, 4) is 5.75 Å². The van der Waals surface area contributed by atoms with Gasteiger partial charge in [-0.2, -0.15) is 0 Å². The Bertz CT molecular complexity index is 419. The summed E-state index contributed by atoms with van der Waals surface area (Å²) in [5.41, 5.74) is 6.37. The summed E-state index contributed by atoms with van der Waals surface area (Å²) in [5, 5.41) is 0. The van der Waals surface area contributed by atoms with Crippen molar-refractivity contribution in [1.29, 1.82) is 0 Å². The number of ether oxygens (including phenoxy) is 1. The minimum Gasteiger partial charge on any atom is -0.492 e. The van der Waals surface area contributed by atoms with Crippen molar-refractivity contribution in [1.82, 2.24) is 9.80 Å². The fourth-order valence-electron chi connectivity index (χ4n) is 1.91. The molecule has 0 saturated carbocycles. The Balaban J connectivity index is 2.29. The van der Waals surface area contributed by atoms with Gasteiger partial charge in [-0.05, 0) is 33.0 Å². The number of carbonyl (C=O) groups excluding carboxylic acids is 1. The van der Waals surface area contributed by atoms with Crippen LogP contribution in [0.5, 0.6) is 5.75 Å². The quantitative estimate of drug-likeness (QED) is 0.732. The molecule has 0 saturated heterocycles. The zero-order valence-corrected chi connectivity index (χ0v) is 12.6. The van der Waals surface area contributed by atoms with Crippen LogP contribution in [0.4, 0.5) is 5.69 Å². The van der Waals surface area contributed by atoms with Crippen LogP contribution in [0.3, 0.4) is 0 Å². The Kier molecular flexibility index (Phi) is 6.87. The van der Waals surface area contributed by atoms with E-state index in [4.69, 9.17) is 10.5 Å². The molecule has 0 aliphatic rings. The van der Waals surface area contributed by atoms with Gasteiger partial charge in [0.2, 0.25) is 5.91 Å². The number of amides is 1. The first-order valence-electron chi connectivity index (χ1n) is 7.01. The van der Waals surface area contributed by atoms with E-state index in [-0.39, 0.29) is 5.91 Å². The molecule has 0 spiro atoms. The van der Waals surface area contributed by atoms with Crippen LogP contribution in [0.2, 0.25) is 0 Å². The average molecular weight is 279 g/mol. The third kappa shape index (κ3) is 5.48. The van der Waals surface area contributed by atoms with Gasteiger partial charge in [-0.3, -0.25) is 9.69 Å². The molecule has 0 atom stereocenters. The number of hydrogen-bond acceptors (Lipinski definition) is 4. The summed E-state index contributed by atoms with van der Waals surface area (Å²) < 4.78 is 5.61. The standard InChI is InChI=1S/C15H25N3O2/c1-4-18(5-2)15(19)12-17(3)9-10-20-14-8-6-7-13(16)11-14/h6-8,11H,4-5,9-10,12,16H2,1-3H3. The lowest BCUT2D eigenvalue weighted by Crippen LogP contribution is -2.39. The van der Waals surface area contributed by atoms with E-state index in [0.29, 0.717) is 25.4 Å². The van der Waals surface area contributed by atoms with Crippen molar-refractivity contribution in [2.45, 2.75) is 13.8 Å². The fourth-order valence-corrected chi connectivity index (χ4v) is 1.91. The van der Waals surface area contributed by atoms with Crippen LogP contribution < -0.4 is 10.5 Å². The summed E-state index contributed by atoms with van der Waals surface area (Å²) in [6.07, 6.45) is 0. The number of nitrogens with two attached hydrogens (primary N) is 1. The van der Waals surface area contributed by atoms with Crippen LogP contribution in [0.1, 0.15) is 13.8 Å². The second-order valence-electron chi connectivity index (χ2n) is 4.72. The fraction of sp³-hybridized carbons (Fsp3) is 0.533. The third-order valence-corrected chi connectivity index (χ3v) is 3.12. The molecule has 0 aliphatic heterocycles. The third-order valence-electron chi connectivity index (χ3n) is 3.12. The first-order chi connectivity index (χ1) is 9.56. The van der Waals surface area contributed by atoms with Crippen molar-refractivity contribution in [3.05, 3.63) is 24.3 Å². The molecule has 1 amide bonds. The molecular weight excluding hydrogens is 254 g/mol. The zero-order chi connectivity index (χ0) is 15.0. The van der Waals surface area contributed by atoms with Crippen LogP contribution >= 0.6 is 0 Å². The van der Waals surface area contributed by atoms with Gasteiger partial charge in [0.25, 0.3) is 0 Å². The molecule has 0 aromatic heterocycles.